The van der Waals surface area contributed by atoms with E-state index >= 15 is 0 Å². The number of benzene rings is 2. The van der Waals surface area contributed by atoms with Gasteiger partial charge in [-0.2, -0.15) is 0 Å². The normalized spacial score (nSPS) is 16.4. The van der Waals surface area contributed by atoms with Crippen LogP contribution in [0.2, 0.25) is 0 Å². The maximum Gasteiger partial charge on any atom is 0.190 e. The zero-order chi connectivity index (χ0) is 22.9. The zero-order valence-electron chi connectivity index (χ0n) is 19.1. The van der Waals surface area contributed by atoms with E-state index in [-0.39, 0.29) is 5.43 Å². The van der Waals surface area contributed by atoms with Gasteiger partial charge in [0.05, 0.1) is 24.4 Å². The standard InChI is InChI=1S/C26H27N3O4/c1-16-6-7-17(9-24(16)32-14-18-5-4-8-29(18)2)21-11-23(30)19-10-20(26-13-27-15-33-26)25(31-3)12-22(19)28-21/h6-7,9-13,15,18H,4-5,8,14H2,1-3H3,(H,28,30)/t18-/m0/s1. The summed E-state index contributed by atoms with van der Waals surface area (Å²) >= 11 is 0. The summed E-state index contributed by atoms with van der Waals surface area (Å²) in [6.07, 6.45) is 5.33. The van der Waals surface area contributed by atoms with E-state index in [9.17, 15) is 4.79 Å². The Hall–Kier alpha value is -3.58. The number of aromatic amines is 1. The number of oxazole rings is 1. The molecule has 1 N–H and O–H groups in total. The monoisotopic (exact) mass is 445 g/mol. The minimum absolute atomic E-state index is 0.0854. The number of aryl methyl sites for hydroxylation is 1. The van der Waals surface area contributed by atoms with Gasteiger partial charge >= 0.3 is 0 Å². The minimum atomic E-state index is -0.0854. The van der Waals surface area contributed by atoms with E-state index in [1.807, 2.05) is 31.2 Å². The van der Waals surface area contributed by atoms with Crippen molar-refractivity contribution < 1.29 is 13.9 Å². The zero-order valence-corrected chi connectivity index (χ0v) is 19.1. The Morgan fingerprint density at radius 3 is 2.82 bits per heavy atom. The molecule has 4 aromatic rings. The molecule has 2 aromatic heterocycles. The van der Waals surface area contributed by atoms with Crippen LogP contribution in [0.15, 0.2) is 58.2 Å². The molecule has 3 heterocycles. The van der Waals surface area contributed by atoms with Gasteiger partial charge < -0.3 is 23.8 Å². The molecule has 1 fully saturated rings. The number of nitrogens with zero attached hydrogens (tertiary/aromatic N) is 2. The summed E-state index contributed by atoms with van der Waals surface area (Å²) in [4.78, 5) is 22.7. The average molecular weight is 446 g/mol. The Balaban J connectivity index is 1.51. The lowest BCUT2D eigenvalue weighted by atomic mass is 10.0. The lowest BCUT2D eigenvalue weighted by Crippen LogP contribution is -2.30. The first-order chi connectivity index (χ1) is 16.0. The molecule has 0 aliphatic carbocycles. The molecule has 0 amide bonds. The molecule has 0 spiro atoms. The number of methoxy groups -OCH3 is 1. The van der Waals surface area contributed by atoms with Gasteiger partial charge in [0.25, 0.3) is 0 Å². The van der Waals surface area contributed by atoms with Gasteiger partial charge in [-0.15, -0.1) is 0 Å². The van der Waals surface area contributed by atoms with Crippen LogP contribution < -0.4 is 14.9 Å². The molecule has 5 rings (SSSR count). The SMILES string of the molecule is COc1cc2[nH]c(-c3ccc(C)c(OC[C@@H]4CCCN4C)c3)cc(=O)c2cc1-c1cnco1. The van der Waals surface area contributed by atoms with E-state index in [1.54, 1.807) is 25.4 Å². The number of hydrogen-bond acceptors (Lipinski definition) is 6. The van der Waals surface area contributed by atoms with Crippen molar-refractivity contribution in [3.05, 3.63) is 64.8 Å². The van der Waals surface area contributed by atoms with Crippen LogP contribution in [-0.2, 0) is 0 Å². The number of pyridine rings is 1. The fourth-order valence-electron chi connectivity index (χ4n) is 4.44. The van der Waals surface area contributed by atoms with Crippen molar-refractivity contribution in [1.82, 2.24) is 14.9 Å². The number of nitrogens with one attached hydrogen (secondary N) is 1. The van der Waals surface area contributed by atoms with E-state index in [0.29, 0.717) is 40.6 Å². The van der Waals surface area contributed by atoms with Gasteiger partial charge in [0.2, 0.25) is 0 Å². The molecular formula is C26H27N3O4. The third-order valence-electron chi connectivity index (χ3n) is 6.45. The largest absolute Gasteiger partial charge is 0.496 e. The molecule has 0 unspecified atom stereocenters. The van der Waals surface area contributed by atoms with Gasteiger partial charge in [0, 0.05) is 34.8 Å². The summed E-state index contributed by atoms with van der Waals surface area (Å²) in [5.74, 6) is 1.98. The number of ether oxygens (including phenoxy) is 2. The van der Waals surface area contributed by atoms with Gasteiger partial charge in [-0.25, -0.2) is 4.98 Å². The quantitative estimate of drug-likeness (QED) is 0.466. The molecule has 1 aliphatic heterocycles. The summed E-state index contributed by atoms with van der Waals surface area (Å²) < 4.78 is 17.2. The number of aromatic nitrogens is 2. The summed E-state index contributed by atoms with van der Waals surface area (Å²) in [5.41, 5.74) is 3.98. The number of H-pyrrole nitrogens is 1. The molecule has 1 atom stereocenters. The summed E-state index contributed by atoms with van der Waals surface area (Å²) in [7, 11) is 3.74. The topological polar surface area (TPSA) is 80.6 Å². The molecule has 7 heteroatoms. The molecule has 0 bridgehead atoms. The number of hydrogen-bond donors (Lipinski definition) is 1. The number of rotatable bonds is 6. The van der Waals surface area contributed by atoms with Crippen molar-refractivity contribution in [3.8, 4) is 34.1 Å². The van der Waals surface area contributed by atoms with Gasteiger partial charge in [-0.1, -0.05) is 12.1 Å². The van der Waals surface area contributed by atoms with Crippen molar-refractivity contribution in [2.24, 2.45) is 0 Å². The second kappa shape index (κ2) is 8.75. The van der Waals surface area contributed by atoms with Crippen molar-refractivity contribution in [3.63, 3.8) is 0 Å². The van der Waals surface area contributed by atoms with Crippen molar-refractivity contribution in [2.45, 2.75) is 25.8 Å². The van der Waals surface area contributed by atoms with Crippen LogP contribution in [0.3, 0.4) is 0 Å². The van der Waals surface area contributed by atoms with Crippen LogP contribution in [-0.4, -0.2) is 48.2 Å². The Kier molecular flexibility index (Phi) is 5.64. The highest BCUT2D eigenvalue weighted by molar-refractivity contribution is 5.88. The third kappa shape index (κ3) is 4.12. The van der Waals surface area contributed by atoms with E-state index in [4.69, 9.17) is 13.9 Å². The van der Waals surface area contributed by atoms with Gasteiger partial charge in [-0.05, 0) is 51.1 Å². The van der Waals surface area contributed by atoms with Crippen LogP contribution >= 0.6 is 0 Å². The smallest absolute Gasteiger partial charge is 0.190 e. The molecule has 7 nitrogen and oxygen atoms in total. The Labute approximate surface area is 192 Å². The van der Waals surface area contributed by atoms with Crippen molar-refractivity contribution in [2.75, 3.05) is 27.3 Å². The lowest BCUT2D eigenvalue weighted by molar-refractivity contribution is 0.197. The summed E-state index contributed by atoms with van der Waals surface area (Å²) in [5, 5.41) is 0.554. The summed E-state index contributed by atoms with van der Waals surface area (Å²) in [6.45, 7) is 3.82. The van der Waals surface area contributed by atoms with Crippen molar-refractivity contribution >= 4 is 10.9 Å². The van der Waals surface area contributed by atoms with Gasteiger partial charge in [-0.3, -0.25) is 4.79 Å². The summed E-state index contributed by atoms with van der Waals surface area (Å²) in [6, 6.07) is 11.7. The number of likely N-dealkylation sites (tertiary alicyclic amines) is 1. The molecule has 1 aliphatic rings. The average Bonchev–Trinajstić information content (AvgIpc) is 3.49. The maximum absolute atomic E-state index is 13.0. The molecular weight excluding hydrogens is 418 g/mol. The molecule has 0 radical (unpaired) electrons. The number of fused-ring (bicyclic) bond motifs is 1. The maximum atomic E-state index is 13.0. The van der Waals surface area contributed by atoms with Crippen LogP contribution in [0.4, 0.5) is 0 Å². The highest BCUT2D eigenvalue weighted by Crippen LogP contribution is 2.34. The first kappa shape index (κ1) is 21.3. The first-order valence-electron chi connectivity index (χ1n) is 11.1. The van der Waals surface area contributed by atoms with Gasteiger partial charge in [0.1, 0.15) is 18.1 Å². The highest BCUT2D eigenvalue weighted by atomic mass is 16.5. The van der Waals surface area contributed by atoms with Crippen molar-refractivity contribution in [1.29, 1.82) is 0 Å². The second-order valence-electron chi connectivity index (χ2n) is 8.58. The minimum Gasteiger partial charge on any atom is -0.496 e. The molecule has 1 saturated heterocycles. The predicted molar refractivity (Wildman–Crippen MR) is 128 cm³/mol. The van der Waals surface area contributed by atoms with Crippen LogP contribution in [0, 0.1) is 6.92 Å². The van der Waals surface area contributed by atoms with Crippen LogP contribution in [0.1, 0.15) is 18.4 Å². The second-order valence-corrected chi connectivity index (χ2v) is 8.58. The predicted octanol–water partition coefficient (Wildman–Crippen LogP) is 4.64. The van der Waals surface area contributed by atoms with E-state index in [0.717, 1.165) is 35.5 Å². The molecule has 33 heavy (non-hydrogen) atoms. The van der Waals surface area contributed by atoms with E-state index < -0.39 is 0 Å². The fraction of sp³-hybridized carbons (Fsp3) is 0.308. The highest BCUT2D eigenvalue weighted by Gasteiger charge is 2.21. The van der Waals surface area contributed by atoms with Gasteiger partial charge in [0.15, 0.2) is 17.6 Å². The molecule has 2 aromatic carbocycles. The Morgan fingerprint density at radius 2 is 2.09 bits per heavy atom. The molecule has 0 saturated carbocycles. The lowest BCUT2D eigenvalue weighted by Gasteiger charge is -2.20. The van der Waals surface area contributed by atoms with E-state index in [2.05, 4.69) is 21.9 Å². The van der Waals surface area contributed by atoms with Crippen LogP contribution in [0.25, 0.3) is 33.5 Å². The van der Waals surface area contributed by atoms with Crippen LogP contribution in [0.5, 0.6) is 11.5 Å². The van der Waals surface area contributed by atoms with E-state index in [1.165, 1.54) is 12.8 Å². The Morgan fingerprint density at radius 1 is 1.21 bits per heavy atom. The first-order valence-corrected chi connectivity index (χ1v) is 11.1. The number of likely N-dealkylation sites (N-methyl/N-ethyl adjacent to an activating group) is 1. The fourth-order valence-corrected chi connectivity index (χ4v) is 4.44. The Bertz CT molecular complexity index is 1340. The molecule has 170 valence electrons. The third-order valence-corrected chi connectivity index (χ3v) is 6.45.